The largest absolute Gasteiger partial charge is 0.395 e. The van der Waals surface area contributed by atoms with Crippen molar-refractivity contribution in [1.82, 2.24) is 10.2 Å². The molecule has 0 aliphatic rings. The number of aliphatic hydroxyl groups excluding tert-OH is 1. The van der Waals surface area contributed by atoms with E-state index in [1.165, 1.54) is 0 Å². The minimum Gasteiger partial charge on any atom is -0.395 e. The molecular formula is C14H20N2O2S. The normalized spacial score (nSPS) is 9.63. The lowest BCUT2D eigenvalue weighted by atomic mass is 10.2. The molecule has 0 aliphatic carbocycles. The molecule has 0 aromatic carbocycles. The topological polar surface area (TPSA) is 52.6 Å². The van der Waals surface area contributed by atoms with E-state index >= 15 is 0 Å². The van der Waals surface area contributed by atoms with Crippen LogP contribution in [0.2, 0.25) is 0 Å². The van der Waals surface area contributed by atoms with Gasteiger partial charge in [0.15, 0.2) is 0 Å². The molecule has 0 unspecified atom stereocenters. The van der Waals surface area contributed by atoms with Gasteiger partial charge in [-0.2, -0.15) is 0 Å². The van der Waals surface area contributed by atoms with Crippen molar-refractivity contribution in [3.63, 3.8) is 0 Å². The van der Waals surface area contributed by atoms with Gasteiger partial charge in [0, 0.05) is 30.0 Å². The SMILES string of the molecule is CCN(CC)C(=O)NCc1sccc1C#CCCO. The molecule has 0 saturated heterocycles. The van der Waals surface area contributed by atoms with E-state index < -0.39 is 0 Å². The van der Waals surface area contributed by atoms with Gasteiger partial charge in [-0.1, -0.05) is 11.8 Å². The lowest BCUT2D eigenvalue weighted by Gasteiger charge is -2.18. The Bertz CT molecular complexity index is 456. The lowest BCUT2D eigenvalue weighted by Crippen LogP contribution is -2.39. The van der Waals surface area contributed by atoms with Gasteiger partial charge < -0.3 is 15.3 Å². The first kappa shape index (κ1) is 15.5. The maximum atomic E-state index is 11.8. The van der Waals surface area contributed by atoms with Crippen molar-refractivity contribution in [2.75, 3.05) is 19.7 Å². The van der Waals surface area contributed by atoms with Crippen LogP contribution in [0.1, 0.15) is 30.7 Å². The molecule has 0 saturated carbocycles. The van der Waals surface area contributed by atoms with E-state index in [2.05, 4.69) is 17.2 Å². The van der Waals surface area contributed by atoms with Gasteiger partial charge in [-0.3, -0.25) is 0 Å². The van der Waals surface area contributed by atoms with Gasteiger partial charge >= 0.3 is 6.03 Å². The van der Waals surface area contributed by atoms with E-state index in [0.717, 1.165) is 10.4 Å². The standard InChI is InChI=1S/C14H20N2O2S/c1-3-16(4-2)14(18)15-11-13-12(8-10-19-13)7-5-6-9-17/h8,10,17H,3-4,6,9,11H2,1-2H3,(H,15,18). The summed E-state index contributed by atoms with van der Waals surface area (Å²) >= 11 is 1.58. The van der Waals surface area contributed by atoms with E-state index in [4.69, 9.17) is 5.11 Å². The van der Waals surface area contributed by atoms with Gasteiger partial charge in [-0.05, 0) is 25.3 Å². The molecule has 1 aromatic heterocycles. The first-order chi connectivity index (χ1) is 9.22. The van der Waals surface area contributed by atoms with Crippen molar-refractivity contribution in [3.05, 3.63) is 21.9 Å². The first-order valence-corrected chi connectivity index (χ1v) is 7.29. The summed E-state index contributed by atoms with van der Waals surface area (Å²) in [6.45, 7) is 5.90. The summed E-state index contributed by atoms with van der Waals surface area (Å²) in [7, 11) is 0. The predicted octanol–water partition coefficient (Wildman–Crippen LogP) is 2.03. The van der Waals surface area contributed by atoms with Crippen LogP contribution in [0.3, 0.4) is 0 Å². The third-order valence-corrected chi connectivity index (χ3v) is 3.58. The highest BCUT2D eigenvalue weighted by molar-refractivity contribution is 7.10. The van der Waals surface area contributed by atoms with E-state index in [9.17, 15) is 4.79 Å². The van der Waals surface area contributed by atoms with Gasteiger partial charge in [-0.15, -0.1) is 11.3 Å². The molecule has 0 atom stereocenters. The summed E-state index contributed by atoms with van der Waals surface area (Å²) in [5, 5.41) is 13.6. The molecule has 0 aliphatic heterocycles. The number of nitrogens with one attached hydrogen (secondary N) is 1. The van der Waals surface area contributed by atoms with Crippen LogP contribution < -0.4 is 5.32 Å². The Morgan fingerprint density at radius 1 is 1.47 bits per heavy atom. The molecular weight excluding hydrogens is 260 g/mol. The molecule has 5 heteroatoms. The van der Waals surface area contributed by atoms with E-state index in [-0.39, 0.29) is 12.6 Å². The molecule has 2 N–H and O–H groups in total. The van der Waals surface area contributed by atoms with Crippen molar-refractivity contribution < 1.29 is 9.90 Å². The molecule has 2 amide bonds. The zero-order valence-corrected chi connectivity index (χ0v) is 12.2. The van der Waals surface area contributed by atoms with Crippen molar-refractivity contribution >= 4 is 17.4 Å². The minimum absolute atomic E-state index is 0.0485. The summed E-state index contributed by atoms with van der Waals surface area (Å²) in [4.78, 5) is 14.6. The molecule has 1 rings (SSSR count). The Morgan fingerprint density at radius 2 is 2.21 bits per heavy atom. The molecule has 0 bridgehead atoms. The lowest BCUT2D eigenvalue weighted by molar-refractivity contribution is 0.203. The summed E-state index contributed by atoms with van der Waals surface area (Å²) in [5.41, 5.74) is 0.929. The van der Waals surface area contributed by atoms with Crippen molar-refractivity contribution in [2.45, 2.75) is 26.8 Å². The molecule has 0 spiro atoms. The van der Waals surface area contributed by atoms with Crippen LogP contribution in [0.25, 0.3) is 0 Å². The summed E-state index contributed by atoms with van der Waals surface area (Å²) in [6, 6.07) is 1.89. The first-order valence-electron chi connectivity index (χ1n) is 6.41. The van der Waals surface area contributed by atoms with Gasteiger partial charge in [0.05, 0.1) is 13.2 Å². The fraction of sp³-hybridized carbons (Fsp3) is 0.500. The van der Waals surface area contributed by atoms with E-state index in [0.29, 0.717) is 26.1 Å². The Kier molecular flexibility index (Phi) is 7.01. The molecule has 0 fully saturated rings. The number of rotatable bonds is 5. The van der Waals surface area contributed by atoms with Crippen LogP contribution in [0, 0.1) is 11.8 Å². The highest BCUT2D eigenvalue weighted by Crippen LogP contribution is 2.15. The van der Waals surface area contributed by atoms with Crippen molar-refractivity contribution in [1.29, 1.82) is 0 Å². The maximum Gasteiger partial charge on any atom is 0.317 e. The van der Waals surface area contributed by atoms with Gasteiger partial charge in [0.2, 0.25) is 0 Å². The van der Waals surface area contributed by atoms with Crippen LogP contribution in [0.15, 0.2) is 11.4 Å². The number of nitrogens with zero attached hydrogens (tertiary/aromatic N) is 1. The molecule has 1 aromatic rings. The number of aliphatic hydroxyl groups is 1. The van der Waals surface area contributed by atoms with Crippen LogP contribution in [0.4, 0.5) is 4.79 Å². The Hall–Kier alpha value is -1.51. The highest BCUT2D eigenvalue weighted by atomic mass is 32.1. The van der Waals surface area contributed by atoms with E-state index in [1.807, 2.05) is 25.3 Å². The Balaban J connectivity index is 2.57. The molecule has 104 valence electrons. The number of hydrogen-bond donors (Lipinski definition) is 2. The number of carbonyl (C=O) groups is 1. The second-order valence-corrected chi connectivity index (χ2v) is 4.86. The number of carbonyl (C=O) groups excluding carboxylic acids is 1. The smallest absolute Gasteiger partial charge is 0.317 e. The van der Waals surface area contributed by atoms with Crippen molar-refractivity contribution in [2.24, 2.45) is 0 Å². The second-order valence-electron chi connectivity index (χ2n) is 3.86. The van der Waals surface area contributed by atoms with Gasteiger partial charge in [0.25, 0.3) is 0 Å². The number of thiophene rings is 1. The summed E-state index contributed by atoms with van der Waals surface area (Å²) < 4.78 is 0. The molecule has 4 nitrogen and oxygen atoms in total. The average Bonchev–Trinajstić information content (AvgIpc) is 2.86. The molecule has 0 radical (unpaired) electrons. The zero-order valence-electron chi connectivity index (χ0n) is 11.4. The van der Waals surface area contributed by atoms with E-state index in [1.54, 1.807) is 16.2 Å². The van der Waals surface area contributed by atoms with Crippen LogP contribution in [-0.2, 0) is 6.54 Å². The van der Waals surface area contributed by atoms with Crippen LogP contribution in [-0.4, -0.2) is 35.7 Å². The summed E-state index contributed by atoms with van der Waals surface area (Å²) in [5.74, 6) is 5.90. The van der Waals surface area contributed by atoms with Gasteiger partial charge in [0.1, 0.15) is 0 Å². The maximum absolute atomic E-state index is 11.8. The third kappa shape index (κ3) is 4.93. The fourth-order valence-electron chi connectivity index (χ4n) is 1.58. The summed E-state index contributed by atoms with van der Waals surface area (Å²) in [6.07, 6.45) is 0.473. The number of urea groups is 1. The minimum atomic E-state index is -0.0485. The van der Waals surface area contributed by atoms with Crippen LogP contribution >= 0.6 is 11.3 Å². The number of hydrogen-bond acceptors (Lipinski definition) is 3. The highest BCUT2D eigenvalue weighted by Gasteiger charge is 2.09. The molecule has 1 heterocycles. The Morgan fingerprint density at radius 3 is 2.84 bits per heavy atom. The Labute approximate surface area is 118 Å². The predicted molar refractivity (Wildman–Crippen MR) is 78.1 cm³/mol. The zero-order chi connectivity index (χ0) is 14.1. The third-order valence-electron chi connectivity index (χ3n) is 2.66. The monoisotopic (exact) mass is 280 g/mol. The van der Waals surface area contributed by atoms with Crippen LogP contribution in [0.5, 0.6) is 0 Å². The second kappa shape index (κ2) is 8.57. The van der Waals surface area contributed by atoms with Gasteiger partial charge in [-0.25, -0.2) is 4.79 Å². The number of amides is 2. The van der Waals surface area contributed by atoms with Crippen molar-refractivity contribution in [3.8, 4) is 11.8 Å². The average molecular weight is 280 g/mol. The quantitative estimate of drug-likeness (QED) is 0.811. The molecule has 19 heavy (non-hydrogen) atoms. The fourth-order valence-corrected chi connectivity index (χ4v) is 2.35.